The highest BCUT2D eigenvalue weighted by Crippen LogP contribution is 2.06. The fourth-order valence-electron chi connectivity index (χ4n) is 1.64. The van der Waals surface area contributed by atoms with E-state index in [0.29, 0.717) is 6.54 Å². The van der Waals surface area contributed by atoms with Crippen LogP contribution in [0.3, 0.4) is 0 Å². The number of carboxylic acids is 1. The molecule has 0 radical (unpaired) electrons. The van der Waals surface area contributed by atoms with Gasteiger partial charge in [-0.3, -0.25) is 9.78 Å². The van der Waals surface area contributed by atoms with Crippen LogP contribution < -0.4 is 0 Å². The molecular formula is C13H13N3O3. The zero-order valence-electron chi connectivity index (χ0n) is 10.3. The number of pyridine rings is 1. The third-order valence-corrected chi connectivity index (χ3v) is 2.65. The SMILES string of the molecule is CN(Cc1ccc[nH]1)C(=O)c1ccc(C(=O)O)cn1. The largest absolute Gasteiger partial charge is 0.478 e. The molecule has 0 unspecified atom stereocenters. The number of carbonyl (C=O) groups is 2. The number of hydrogen-bond acceptors (Lipinski definition) is 3. The Labute approximate surface area is 109 Å². The number of nitrogens with zero attached hydrogens (tertiary/aromatic N) is 2. The van der Waals surface area contributed by atoms with Crippen molar-refractivity contribution in [1.82, 2.24) is 14.9 Å². The molecule has 6 nitrogen and oxygen atoms in total. The molecule has 0 fully saturated rings. The van der Waals surface area contributed by atoms with Crippen LogP contribution in [0, 0.1) is 0 Å². The van der Waals surface area contributed by atoms with Gasteiger partial charge in [0.1, 0.15) is 5.69 Å². The minimum atomic E-state index is -1.06. The van der Waals surface area contributed by atoms with Crippen molar-refractivity contribution in [2.45, 2.75) is 6.54 Å². The second-order valence-corrected chi connectivity index (χ2v) is 4.09. The number of carboxylic acid groups (broad SMARTS) is 1. The molecule has 98 valence electrons. The maximum absolute atomic E-state index is 12.1. The van der Waals surface area contributed by atoms with E-state index < -0.39 is 5.97 Å². The fourth-order valence-corrected chi connectivity index (χ4v) is 1.64. The molecule has 1 amide bonds. The van der Waals surface area contributed by atoms with Crippen LogP contribution in [0.5, 0.6) is 0 Å². The van der Waals surface area contributed by atoms with Gasteiger partial charge >= 0.3 is 5.97 Å². The summed E-state index contributed by atoms with van der Waals surface area (Å²) in [5, 5.41) is 8.76. The molecule has 0 aliphatic carbocycles. The van der Waals surface area contributed by atoms with E-state index in [-0.39, 0.29) is 17.2 Å². The van der Waals surface area contributed by atoms with Gasteiger partial charge in [-0.15, -0.1) is 0 Å². The van der Waals surface area contributed by atoms with E-state index >= 15 is 0 Å². The van der Waals surface area contributed by atoms with E-state index in [2.05, 4.69) is 9.97 Å². The Kier molecular flexibility index (Phi) is 3.61. The monoisotopic (exact) mass is 259 g/mol. The summed E-state index contributed by atoms with van der Waals surface area (Å²) < 4.78 is 0. The first kappa shape index (κ1) is 12.8. The van der Waals surface area contributed by atoms with Crippen LogP contribution in [0.4, 0.5) is 0 Å². The number of nitrogens with one attached hydrogen (secondary N) is 1. The molecular weight excluding hydrogens is 246 g/mol. The number of rotatable bonds is 4. The lowest BCUT2D eigenvalue weighted by atomic mass is 10.2. The van der Waals surface area contributed by atoms with Crippen molar-refractivity contribution in [3.63, 3.8) is 0 Å². The molecule has 6 heteroatoms. The van der Waals surface area contributed by atoms with Crippen molar-refractivity contribution in [2.24, 2.45) is 0 Å². The van der Waals surface area contributed by atoms with Gasteiger partial charge in [0.15, 0.2) is 0 Å². The average molecular weight is 259 g/mol. The maximum Gasteiger partial charge on any atom is 0.337 e. The predicted octanol–water partition coefficient (Wildman–Crippen LogP) is 1.38. The van der Waals surface area contributed by atoms with Crippen molar-refractivity contribution in [3.05, 3.63) is 53.6 Å². The summed E-state index contributed by atoms with van der Waals surface area (Å²) in [5.74, 6) is -1.32. The zero-order valence-corrected chi connectivity index (χ0v) is 10.3. The minimum Gasteiger partial charge on any atom is -0.478 e. The van der Waals surface area contributed by atoms with E-state index in [1.54, 1.807) is 13.2 Å². The number of aromatic nitrogens is 2. The maximum atomic E-state index is 12.1. The van der Waals surface area contributed by atoms with Crippen LogP contribution in [0.1, 0.15) is 26.5 Å². The van der Waals surface area contributed by atoms with Gasteiger partial charge in [0, 0.05) is 25.1 Å². The number of carbonyl (C=O) groups excluding carboxylic acids is 1. The highest BCUT2D eigenvalue weighted by atomic mass is 16.4. The summed E-state index contributed by atoms with van der Waals surface area (Å²) in [5.41, 5.74) is 1.20. The second-order valence-electron chi connectivity index (χ2n) is 4.09. The van der Waals surface area contributed by atoms with Crippen LogP contribution >= 0.6 is 0 Å². The Morgan fingerprint density at radius 3 is 2.68 bits per heavy atom. The average Bonchev–Trinajstić information content (AvgIpc) is 2.90. The number of hydrogen-bond donors (Lipinski definition) is 2. The Bertz CT molecular complexity index is 576. The molecule has 2 N–H and O–H groups in total. The number of amides is 1. The summed E-state index contributed by atoms with van der Waals surface area (Å²) in [6.07, 6.45) is 2.96. The molecule has 0 saturated heterocycles. The molecule has 0 spiro atoms. The van der Waals surface area contributed by atoms with Gasteiger partial charge in [-0.2, -0.15) is 0 Å². The standard InChI is InChI=1S/C13H13N3O3/c1-16(8-10-3-2-6-14-10)12(17)11-5-4-9(7-15-11)13(18)19/h2-7,14H,8H2,1H3,(H,18,19). The molecule has 0 aliphatic rings. The first-order valence-electron chi connectivity index (χ1n) is 5.65. The van der Waals surface area contributed by atoms with Gasteiger partial charge in [0.2, 0.25) is 0 Å². The van der Waals surface area contributed by atoms with Gasteiger partial charge in [-0.25, -0.2) is 4.79 Å². The molecule has 0 atom stereocenters. The lowest BCUT2D eigenvalue weighted by molar-refractivity contribution is 0.0694. The van der Waals surface area contributed by atoms with Crippen molar-refractivity contribution in [2.75, 3.05) is 7.05 Å². The minimum absolute atomic E-state index is 0.0589. The molecule has 2 aromatic heterocycles. The van der Waals surface area contributed by atoms with Crippen LogP contribution in [-0.2, 0) is 6.54 Å². The number of H-pyrrole nitrogens is 1. The Morgan fingerprint density at radius 2 is 2.16 bits per heavy atom. The Balaban J connectivity index is 2.08. The quantitative estimate of drug-likeness (QED) is 0.868. The van der Waals surface area contributed by atoms with Crippen LogP contribution in [0.2, 0.25) is 0 Å². The fraction of sp³-hybridized carbons (Fsp3) is 0.154. The van der Waals surface area contributed by atoms with E-state index in [1.807, 2.05) is 12.1 Å². The number of aromatic carboxylic acids is 1. The highest BCUT2D eigenvalue weighted by Gasteiger charge is 2.14. The molecule has 2 heterocycles. The third kappa shape index (κ3) is 2.98. The first-order chi connectivity index (χ1) is 9.08. The van der Waals surface area contributed by atoms with Crippen molar-refractivity contribution < 1.29 is 14.7 Å². The van der Waals surface area contributed by atoms with Gasteiger partial charge in [0.25, 0.3) is 5.91 Å². The summed E-state index contributed by atoms with van der Waals surface area (Å²) in [6, 6.07) is 6.51. The van der Waals surface area contributed by atoms with Crippen molar-refractivity contribution in [1.29, 1.82) is 0 Å². The summed E-state index contributed by atoms with van der Waals surface area (Å²) >= 11 is 0. The molecule has 0 aliphatic heterocycles. The molecule has 0 bridgehead atoms. The third-order valence-electron chi connectivity index (χ3n) is 2.65. The van der Waals surface area contributed by atoms with Crippen LogP contribution in [0.15, 0.2) is 36.7 Å². The van der Waals surface area contributed by atoms with E-state index in [0.717, 1.165) is 5.69 Å². The topological polar surface area (TPSA) is 86.3 Å². The van der Waals surface area contributed by atoms with Gasteiger partial charge in [-0.1, -0.05) is 0 Å². The lowest BCUT2D eigenvalue weighted by Gasteiger charge is -2.15. The zero-order chi connectivity index (χ0) is 13.8. The van der Waals surface area contributed by atoms with Crippen LogP contribution in [0.25, 0.3) is 0 Å². The molecule has 2 aromatic rings. The molecule has 19 heavy (non-hydrogen) atoms. The Morgan fingerprint density at radius 1 is 1.37 bits per heavy atom. The van der Waals surface area contributed by atoms with Gasteiger partial charge in [0.05, 0.1) is 12.1 Å². The first-order valence-corrected chi connectivity index (χ1v) is 5.65. The molecule has 0 aromatic carbocycles. The second kappa shape index (κ2) is 5.34. The van der Waals surface area contributed by atoms with Crippen LogP contribution in [-0.4, -0.2) is 38.9 Å². The highest BCUT2D eigenvalue weighted by molar-refractivity contribution is 5.93. The van der Waals surface area contributed by atoms with E-state index in [1.165, 1.54) is 23.2 Å². The van der Waals surface area contributed by atoms with E-state index in [4.69, 9.17) is 5.11 Å². The summed E-state index contributed by atoms with van der Waals surface area (Å²) in [7, 11) is 1.66. The predicted molar refractivity (Wildman–Crippen MR) is 67.8 cm³/mol. The smallest absolute Gasteiger partial charge is 0.337 e. The summed E-state index contributed by atoms with van der Waals surface area (Å²) in [4.78, 5) is 31.1. The normalized spacial score (nSPS) is 10.2. The molecule has 0 saturated carbocycles. The van der Waals surface area contributed by atoms with Crippen molar-refractivity contribution >= 4 is 11.9 Å². The number of aromatic amines is 1. The van der Waals surface area contributed by atoms with Gasteiger partial charge < -0.3 is 15.0 Å². The van der Waals surface area contributed by atoms with Crippen molar-refractivity contribution in [3.8, 4) is 0 Å². The molecule has 2 rings (SSSR count). The summed E-state index contributed by atoms with van der Waals surface area (Å²) in [6.45, 7) is 0.439. The van der Waals surface area contributed by atoms with E-state index in [9.17, 15) is 9.59 Å². The van der Waals surface area contributed by atoms with Gasteiger partial charge in [-0.05, 0) is 24.3 Å². The lowest BCUT2D eigenvalue weighted by Crippen LogP contribution is -2.27. The Hall–Kier alpha value is -2.63.